The van der Waals surface area contributed by atoms with Crippen molar-refractivity contribution in [1.29, 1.82) is 0 Å². The van der Waals surface area contributed by atoms with Gasteiger partial charge in [-0.15, -0.1) is 0 Å². The summed E-state index contributed by atoms with van der Waals surface area (Å²) in [6.45, 7) is 11.1. The van der Waals surface area contributed by atoms with E-state index in [0.717, 1.165) is 18.7 Å². The molecule has 0 radical (unpaired) electrons. The standard InChI is InChI=1S/C14H22N2/c1-14(2,3)11-16-13(10-15-4)12-8-6-5-7-9-12/h5-8,10,12,16H,4,9,11H2,1-3H3/b13-10-. The molecule has 1 rings (SSSR count). The Kier molecular flexibility index (Phi) is 4.53. The van der Waals surface area contributed by atoms with Crippen molar-refractivity contribution in [2.45, 2.75) is 27.2 Å². The highest BCUT2D eigenvalue weighted by Crippen LogP contribution is 2.20. The zero-order valence-electron chi connectivity index (χ0n) is 10.5. The van der Waals surface area contributed by atoms with E-state index in [4.69, 9.17) is 0 Å². The lowest BCUT2D eigenvalue weighted by Gasteiger charge is -2.24. The largest absolute Gasteiger partial charge is 0.386 e. The maximum atomic E-state index is 3.88. The number of rotatable bonds is 4. The predicted molar refractivity (Wildman–Crippen MR) is 71.5 cm³/mol. The van der Waals surface area contributed by atoms with Gasteiger partial charge in [-0.3, -0.25) is 4.99 Å². The molecule has 16 heavy (non-hydrogen) atoms. The fraction of sp³-hybridized carbons (Fsp3) is 0.500. The summed E-state index contributed by atoms with van der Waals surface area (Å²) >= 11 is 0. The van der Waals surface area contributed by atoms with Crippen LogP contribution in [0.3, 0.4) is 0 Å². The molecule has 88 valence electrons. The summed E-state index contributed by atoms with van der Waals surface area (Å²) in [5, 5.41) is 3.47. The van der Waals surface area contributed by atoms with Gasteiger partial charge < -0.3 is 5.32 Å². The van der Waals surface area contributed by atoms with Gasteiger partial charge in [-0.1, -0.05) is 45.1 Å². The molecule has 0 aromatic carbocycles. The molecule has 0 spiro atoms. The second kappa shape index (κ2) is 5.69. The summed E-state index contributed by atoms with van der Waals surface area (Å²) < 4.78 is 0. The topological polar surface area (TPSA) is 24.4 Å². The number of nitrogens with zero attached hydrogens (tertiary/aromatic N) is 1. The minimum atomic E-state index is 0.272. The monoisotopic (exact) mass is 218 g/mol. The van der Waals surface area contributed by atoms with Crippen LogP contribution < -0.4 is 5.32 Å². The molecule has 2 heteroatoms. The van der Waals surface area contributed by atoms with Crippen LogP contribution in [-0.2, 0) is 0 Å². The number of aliphatic imine (C=N–C) groups is 1. The van der Waals surface area contributed by atoms with Crippen LogP contribution in [-0.4, -0.2) is 13.3 Å². The van der Waals surface area contributed by atoms with Crippen molar-refractivity contribution < 1.29 is 0 Å². The van der Waals surface area contributed by atoms with Crippen LogP contribution in [0.1, 0.15) is 27.2 Å². The third kappa shape index (κ3) is 4.47. The molecule has 0 bridgehead atoms. The molecule has 0 aromatic heterocycles. The Balaban J connectivity index is 2.62. The lowest BCUT2D eigenvalue weighted by Crippen LogP contribution is -2.29. The van der Waals surface area contributed by atoms with Crippen molar-refractivity contribution in [3.63, 3.8) is 0 Å². The Bertz CT molecular complexity index is 316. The van der Waals surface area contributed by atoms with Gasteiger partial charge in [-0.2, -0.15) is 0 Å². The average Bonchev–Trinajstić information content (AvgIpc) is 2.24. The molecule has 1 unspecified atom stereocenters. The highest BCUT2D eigenvalue weighted by Gasteiger charge is 2.15. The summed E-state index contributed by atoms with van der Waals surface area (Å²) in [5.74, 6) is 0.415. The Labute approximate surface area is 98.9 Å². The molecule has 0 fully saturated rings. The van der Waals surface area contributed by atoms with E-state index < -0.39 is 0 Å². The normalized spacial score (nSPS) is 20.9. The molecule has 0 aliphatic heterocycles. The van der Waals surface area contributed by atoms with Gasteiger partial charge in [-0.05, 0) is 18.6 Å². The van der Waals surface area contributed by atoms with Gasteiger partial charge in [0.05, 0.1) is 0 Å². The van der Waals surface area contributed by atoms with Gasteiger partial charge >= 0.3 is 0 Å². The van der Waals surface area contributed by atoms with Gasteiger partial charge in [0.1, 0.15) is 0 Å². The van der Waals surface area contributed by atoms with Gasteiger partial charge in [0.25, 0.3) is 0 Å². The fourth-order valence-electron chi connectivity index (χ4n) is 1.55. The molecule has 1 aliphatic carbocycles. The number of hydrogen-bond donors (Lipinski definition) is 1. The quantitative estimate of drug-likeness (QED) is 0.719. The lowest BCUT2D eigenvalue weighted by molar-refractivity contribution is 0.389. The molecule has 0 saturated carbocycles. The Morgan fingerprint density at radius 1 is 1.50 bits per heavy atom. The SMILES string of the molecule is C=N/C=C(\NCC(C)(C)C)C1C=CC=CC1. The summed E-state index contributed by atoms with van der Waals surface area (Å²) in [5.41, 5.74) is 1.43. The summed E-state index contributed by atoms with van der Waals surface area (Å²) in [6.07, 6.45) is 11.4. The van der Waals surface area contributed by atoms with E-state index in [0.29, 0.717) is 5.92 Å². The highest BCUT2D eigenvalue weighted by molar-refractivity contribution is 5.28. The molecular formula is C14H22N2. The van der Waals surface area contributed by atoms with E-state index in [1.54, 1.807) is 0 Å². The molecule has 1 atom stereocenters. The van der Waals surface area contributed by atoms with E-state index >= 15 is 0 Å². The first-order valence-corrected chi connectivity index (χ1v) is 5.76. The molecule has 2 nitrogen and oxygen atoms in total. The van der Waals surface area contributed by atoms with Crippen LogP contribution in [0.25, 0.3) is 0 Å². The maximum absolute atomic E-state index is 3.88. The van der Waals surface area contributed by atoms with Crippen LogP contribution >= 0.6 is 0 Å². The fourth-order valence-corrected chi connectivity index (χ4v) is 1.55. The van der Waals surface area contributed by atoms with Crippen molar-refractivity contribution in [2.24, 2.45) is 16.3 Å². The zero-order chi connectivity index (χ0) is 12.0. The minimum absolute atomic E-state index is 0.272. The van der Waals surface area contributed by atoms with Gasteiger partial charge in [-0.25, -0.2) is 0 Å². The molecule has 0 heterocycles. The van der Waals surface area contributed by atoms with Crippen LogP contribution in [0, 0.1) is 11.3 Å². The summed E-state index contributed by atoms with van der Waals surface area (Å²) in [7, 11) is 0. The molecule has 0 aromatic rings. The second-order valence-corrected chi connectivity index (χ2v) is 5.34. The average molecular weight is 218 g/mol. The smallest absolute Gasteiger partial charge is 0.0456 e. The van der Waals surface area contributed by atoms with E-state index in [2.05, 4.69) is 62.1 Å². The van der Waals surface area contributed by atoms with Crippen molar-refractivity contribution in [3.05, 3.63) is 36.2 Å². The second-order valence-electron chi connectivity index (χ2n) is 5.34. The van der Waals surface area contributed by atoms with E-state index in [9.17, 15) is 0 Å². The highest BCUT2D eigenvalue weighted by atomic mass is 14.9. The number of nitrogens with one attached hydrogen (secondary N) is 1. The van der Waals surface area contributed by atoms with Gasteiger partial charge in [0.2, 0.25) is 0 Å². The van der Waals surface area contributed by atoms with E-state index in [-0.39, 0.29) is 5.41 Å². The third-order valence-electron chi connectivity index (χ3n) is 2.43. The first-order valence-electron chi connectivity index (χ1n) is 5.76. The van der Waals surface area contributed by atoms with Crippen LogP contribution in [0.4, 0.5) is 0 Å². The summed E-state index contributed by atoms with van der Waals surface area (Å²) in [4.78, 5) is 3.88. The van der Waals surface area contributed by atoms with Crippen LogP contribution in [0.15, 0.2) is 41.2 Å². The summed E-state index contributed by atoms with van der Waals surface area (Å²) in [6, 6.07) is 0. The van der Waals surface area contributed by atoms with Gasteiger partial charge in [0, 0.05) is 24.4 Å². The van der Waals surface area contributed by atoms with Gasteiger partial charge in [0.15, 0.2) is 0 Å². The minimum Gasteiger partial charge on any atom is -0.386 e. The predicted octanol–water partition coefficient (Wildman–Crippen LogP) is 3.30. The van der Waals surface area contributed by atoms with Crippen molar-refractivity contribution in [2.75, 3.05) is 6.54 Å². The zero-order valence-corrected chi connectivity index (χ0v) is 10.5. The molecule has 0 amide bonds. The van der Waals surface area contributed by atoms with Crippen LogP contribution in [0.2, 0.25) is 0 Å². The molecular weight excluding hydrogens is 196 g/mol. The third-order valence-corrected chi connectivity index (χ3v) is 2.43. The number of allylic oxidation sites excluding steroid dienone is 4. The molecule has 1 N–H and O–H groups in total. The van der Waals surface area contributed by atoms with E-state index in [1.165, 1.54) is 0 Å². The Morgan fingerprint density at radius 2 is 2.25 bits per heavy atom. The van der Waals surface area contributed by atoms with Crippen molar-refractivity contribution in [3.8, 4) is 0 Å². The molecule has 0 saturated heterocycles. The molecule has 1 aliphatic rings. The Morgan fingerprint density at radius 3 is 2.75 bits per heavy atom. The maximum Gasteiger partial charge on any atom is 0.0456 e. The first-order chi connectivity index (χ1) is 7.53. The first kappa shape index (κ1) is 12.8. The van der Waals surface area contributed by atoms with Crippen molar-refractivity contribution in [1.82, 2.24) is 5.32 Å². The lowest BCUT2D eigenvalue weighted by atomic mass is 9.94. The van der Waals surface area contributed by atoms with E-state index in [1.807, 2.05) is 6.20 Å². The van der Waals surface area contributed by atoms with Crippen molar-refractivity contribution >= 4 is 6.72 Å². The number of hydrogen-bond acceptors (Lipinski definition) is 2. The Hall–Kier alpha value is -1.31. The van der Waals surface area contributed by atoms with Crippen LogP contribution in [0.5, 0.6) is 0 Å².